The molecule has 0 aromatic heterocycles. The van der Waals surface area contributed by atoms with E-state index in [4.69, 9.17) is 0 Å². The number of rotatable bonds is 3. The zero-order valence-corrected chi connectivity index (χ0v) is 14.6. The molecule has 0 unspecified atom stereocenters. The number of benzene rings is 2. The third-order valence-corrected chi connectivity index (χ3v) is 6.08. The number of halogens is 1. The first-order valence-electron chi connectivity index (χ1n) is 7.54. The van der Waals surface area contributed by atoms with Gasteiger partial charge in [-0.2, -0.15) is 4.31 Å². The Morgan fingerprint density at radius 1 is 0.913 bits per heavy atom. The van der Waals surface area contributed by atoms with Crippen LogP contribution < -0.4 is 17.3 Å². The second-order valence-electron chi connectivity index (χ2n) is 5.69. The van der Waals surface area contributed by atoms with Gasteiger partial charge in [-0.25, -0.2) is 8.42 Å². The first-order chi connectivity index (χ1) is 10.6. The molecule has 2 aromatic carbocycles. The topological polar surface area (TPSA) is 41.8 Å². The van der Waals surface area contributed by atoms with E-state index in [1.807, 2.05) is 37.3 Å². The molecule has 1 N–H and O–H groups in total. The van der Waals surface area contributed by atoms with Gasteiger partial charge in [0.05, 0.1) is 31.1 Å². The maximum absolute atomic E-state index is 12.7. The van der Waals surface area contributed by atoms with Crippen LogP contribution in [0.1, 0.15) is 5.56 Å². The number of quaternary nitrogens is 1. The molecule has 6 heteroatoms. The monoisotopic (exact) mass is 352 g/mol. The van der Waals surface area contributed by atoms with Crippen molar-refractivity contribution < 1.29 is 25.7 Å². The standard InChI is InChI=1S/C17H20N2O2S.ClH/c1-15-7-9-17(10-8-15)22(20,21)19-13-11-18(12-14-19)16-5-3-2-4-6-16;/h2-10H,11-14H2,1H3;1H. The van der Waals surface area contributed by atoms with Gasteiger partial charge >= 0.3 is 0 Å². The van der Waals surface area contributed by atoms with Crippen molar-refractivity contribution in [2.75, 3.05) is 26.2 Å². The lowest BCUT2D eigenvalue weighted by Crippen LogP contribution is -3.10. The highest BCUT2D eigenvalue weighted by molar-refractivity contribution is 7.89. The number of hydrogen-bond donors (Lipinski definition) is 1. The van der Waals surface area contributed by atoms with Crippen LogP contribution in [-0.2, 0) is 10.0 Å². The molecule has 0 spiro atoms. The van der Waals surface area contributed by atoms with Crippen LogP contribution in [0.15, 0.2) is 59.5 Å². The second-order valence-corrected chi connectivity index (χ2v) is 7.62. The van der Waals surface area contributed by atoms with Gasteiger partial charge in [0.25, 0.3) is 0 Å². The number of nitrogens with one attached hydrogen (secondary N) is 1. The van der Waals surface area contributed by atoms with Crippen molar-refractivity contribution in [3.8, 4) is 0 Å². The van der Waals surface area contributed by atoms with Gasteiger partial charge in [0.15, 0.2) is 0 Å². The van der Waals surface area contributed by atoms with Gasteiger partial charge in [-0.15, -0.1) is 0 Å². The number of sulfonamides is 1. The van der Waals surface area contributed by atoms with E-state index >= 15 is 0 Å². The maximum Gasteiger partial charge on any atom is 0.243 e. The highest BCUT2D eigenvalue weighted by Crippen LogP contribution is 2.16. The Bertz CT molecular complexity index is 725. The minimum atomic E-state index is -3.36. The van der Waals surface area contributed by atoms with E-state index < -0.39 is 10.0 Å². The molecule has 0 bridgehead atoms. The predicted octanol–water partition coefficient (Wildman–Crippen LogP) is -1.78. The van der Waals surface area contributed by atoms with Gasteiger partial charge in [-0.3, -0.25) is 0 Å². The summed E-state index contributed by atoms with van der Waals surface area (Å²) < 4.78 is 26.9. The Balaban J connectivity index is 0.00000192. The zero-order chi connectivity index (χ0) is 15.6. The van der Waals surface area contributed by atoms with Crippen molar-refractivity contribution in [2.45, 2.75) is 11.8 Å². The molecule has 124 valence electrons. The van der Waals surface area contributed by atoms with E-state index in [1.165, 1.54) is 10.6 Å². The van der Waals surface area contributed by atoms with Crippen LogP contribution in [0.3, 0.4) is 0 Å². The molecular formula is C17H21ClN2O2S. The number of hydrogen-bond acceptors (Lipinski definition) is 2. The Morgan fingerprint density at radius 3 is 2.04 bits per heavy atom. The summed E-state index contributed by atoms with van der Waals surface area (Å²) in [4.78, 5) is 1.73. The summed E-state index contributed by atoms with van der Waals surface area (Å²) >= 11 is 0. The SMILES string of the molecule is Cc1ccc(S(=O)(=O)N2CC[NH+](c3ccccc3)CC2)cc1.[Cl-]. The molecule has 0 saturated carbocycles. The largest absolute Gasteiger partial charge is 1.00 e. The van der Waals surface area contributed by atoms with Crippen LogP contribution in [0.4, 0.5) is 5.69 Å². The summed E-state index contributed by atoms with van der Waals surface area (Å²) in [6, 6.07) is 17.3. The number of para-hydroxylation sites is 1. The van der Waals surface area contributed by atoms with Crippen LogP contribution in [-0.4, -0.2) is 38.9 Å². The maximum atomic E-state index is 12.7. The van der Waals surface area contributed by atoms with E-state index in [0.29, 0.717) is 18.0 Å². The molecule has 0 atom stereocenters. The van der Waals surface area contributed by atoms with Gasteiger partial charge in [0.1, 0.15) is 5.69 Å². The van der Waals surface area contributed by atoms with Crippen molar-refractivity contribution in [1.29, 1.82) is 0 Å². The minimum Gasteiger partial charge on any atom is -1.00 e. The number of nitrogens with zero attached hydrogens (tertiary/aromatic N) is 1. The molecule has 2 aromatic rings. The van der Waals surface area contributed by atoms with Crippen LogP contribution in [0.5, 0.6) is 0 Å². The molecule has 0 radical (unpaired) electrons. The first kappa shape index (κ1) is 17.9. The third kappa shape index (κ3) is 3.93. The summed E-state index contributed by atoms with van der Waals surface area (Å²) in [5.41, 5.74) is 2.30. The van der Waals surface area contributed by atoms with Gasteiger partial charge in [0.2, 0.25) is 10.0 Å². The molecule has 1 aliphatic rings. The van der Waals surface area contributed by atoms with Crippen molar-refractivity contribution in [3.05, 3.63) is 60.2 Å². The Kier molecular flexibility index (Phi) is 5.81. The first-order valence-corrected chi connectivity index (χ1v) is 8.98. The normalized spacial score (nSPS) is 16.7. The smallest absolute Gasteiger partial charge is 0.243 e. The average molecular weight is 353 g/mol. The van der Waals surface area contributed by atoms with Gasteiger partial charge in [0, 0.05) is 0 Å². The fraction of sp³-hybridized carbons (Fsp3) is 0.294. The van der Waals surface area contributed by atoms with Gasteiger partial charge in [-0.1, -0.05) is 35.9 Å². The van der Waals surface area contributed by atoms with Crippen molar-refractivity contribution >= 4 is 15.7 Å². The zero-order valence-electron chi connectivity index (χ0n) is 13.1. The van der Waals surface area contributed by atoms with Crippen LogP contribution >= 0.6 is 0 Å². The Morgan fingerprint density at radius 2 is 1.48 bits per heavy atom. The van der Waals surface area contributed by atoms with E-state index in [2.05, 4.69) is 12.1 Å². The van der Waals surface area contributed by atoms with Gasteiger partial charge < -0.3 is 17.3 Å². The number of aryl methyl sites for hydroxylation is 1. The van der Waals surface area contributed by atoms with Crippen molar-refractivity contribution in [2.24, 2.45) is 0 Å². The predicted molar refractivity (Wildman–Crippen MR) is 86.7 cm³/mol. The van der Waals surface area contributed by atoms with E-state index in [-0.39, 0.29) is 12.4 Å². The molecular weight excluding hydrogens is 332 g/mol. The molecule has 1 aliphatic heterocycles. The van der Waals surface area contributed by atoms with Crippen molar-refractivity contribution in [1.82, 2.24) is 4.31 Å². The van der Waals surface area contributed by atoms with Crippen LogP contribution in [0, 0.1) is 6.92 Å². The molecule has 1 fully saturated rings. The highest BCUT2D eigenvalue weighted by atomic mass is 35.5. The molecule has 23 heavy (non-hydrogen) atoms. The van der Waals surface area contributed by atoms with E-state index in [9.17, 15) is 8.42 Å². The fourth-order valence-electron chi connectivity index (χ4n) is 2.82. The lowest BCUT2D eigenvalue weighted by molar-refractivity contribution is -0.837. The summed E-state index contributed by atoms with van der Waals surface area (Å²) in [6.45, 7) is 4.67. The quantitative estimate of drug-likeness (QED) is 0.710. The second kappa shape index (κ2) is 7.45. The average Bonchev–Trinajstić information content (AvgIpc) is 2.56. The summed E-state index contributed by atoms with van der Waals surface area (Å²) in [5.74, 6) is 0. The Hall–Kier alpha value is -1.40. The molecule has 4 nitrogen and oxygen atoms in total. The summed E-state index contributed by atoms with van der Waals surface area (Å²) in [5, 5.41) is 0. The van der Waals surface area contributed by atoms with Crippen molar-refractivity contribution in [3.63, 3.8) is 0 Å². The lowest BCUT2D eigenvalue weighted by Gasteiger charge is -2.31. The lowest BCUT2D eigenvalue weighted by atomic mass is 10.2. The summed E-state index contributed by atoms with van der Waals surface area (Å²) in [6.07, 6.45) is 0. The highest BCUT2D eigenvalue weighted by Gasteiger charge is 2.30. The van der Waals surface area contributed by atoms with Crippen LogP contribution in [0.2, 0.25) is 0 Å². The molecule has 1 saturated heterocycles. The van der Waals surface area contributed by atoms with E-state index in [0.717, 1.165) is 18.7 Å². The number of piperazine rings is 1. The molecule has 1 heterocycles. The molecule has 3 rings (SSSR count). The third-order valence-electron chi connectivity index (χ3n) is 4.17. The van der Waals surface area contributed by atoms with E-state index in [1.54, 1.807) is 16.4 Å². The minimum absolute atomic E-state index is 0. The summed E-state index contributed by atoms with van der Waals surface area (Å²) in [7, 11) is -3.36. The fourth-order valence-corrected chi connectivity index (χ4v) is 4.26. The van der Waals surface area contributed by atoms with Crippen LogP contribution in [0.25, 0.3) is 0 Å². The Labute approximate surface area is 144 Å². The molecule has 0 amide bonds. The molecule has 0 aliphatic carbocycles. The van der Waals surface area contributed by atoms with Gasteiger partial charge in [-0.05, 0) is 31.2 Å².